The number of rotatable bonds is 3. The highest BCUT2D eigenvalue weighted by molar-refractivity contribution is 5.45. The summed E-state index contributed by atoms with van der Waals surface area (Å²) in [5, 5.41) is 12.5. The number of nitrogens with one attached hydrogen (secondary N) is 1. The van der Waals surface area contributed by atoms with Crippen LogP contribution in [0.25, 0.3) is 0 Å². The fourth-order valence-corrected chi connectivity index (χ4v) is 2.24. The van der Waals surface area contributed by atoms with Crippen LogP contribution >= 0.6 is 0 Å². The summed E-state index contributed by atoms with van der Waals surface area (Å²) in [6.45, 7) is 3.48. The lowest BCUT2D eigenvalue weighted by Crippen LogP contribution is -2.24. The maximum absolute atomic E-state index is 8.96. The van der Waals surface area contributed by atoms with Crippen molar-refractivity contribution < 1.29 is 5.11 Å². The SMILES string of the molecule is CC1CC(Nc2ccc(CO)cc2)CN1C. The summed E-state index contributed by atoms with van der Waals surface area (Å²) in [5.74, 6) is 0. The number of aliphatic hydroxyl groups excluding tert-OH is 1. The molecule has 1 aromatic carbocycles. The third-order valence-corrected chi connectivity index (χ3v) is 3.39. The molecule has 2 unspecified atom stereocenters. The van der Waals surface area contributed by atoms with Crippen LogP contribution in [0.2, 0.25) is 0 Å². The molecule has 0 radical (unpaired) electrons. The molecule has 3 nitrogen and oxygen atoms in total. The maximum Gasteiger partial charge on any atom is 0.0681 e. The van der Waals surface area contributed by atoms with Crippen molar-refractivity contribution in [1.82, 2.24) is 4.90 Å². The first-order valence-corrected chi connectivity index (χ1v) is 5.85. The number of likely N-dealkylation sites (tertiary alicyclic amines) is 1. The minimum Gasteiger partial charge on any atom is -0.392 e. The fourth-order valence-electron chi connectivity index (χ4n) is 2.24. The Labute approximate surface area is 97.1 Å². The zero-order valence-corrected chi connectivity index (χ0v) is 9.98. The predicted octanol–water partition coefficient (Wildman–Crippen LogP) is 1.68. The lowest BCUT2D eigenvalue weighted by molar-refractivity contribution is 0.282. The molecule has 1 fully saturated rings. The second kappa shape index (κ2) is 4.85. The number of nitrogens with zero attached hydrogens (tertiary/aromatic N) is 1. The molecule has 88 valence electrons. The second-order valence-corrected chi connectivity index (χ2v) is 4.72. The van der Waals surface area contributed by atoms with Gasteiger partial charge in [-0.3, -0.25) is 0 Å². The Hall–Kier alpha value is -1.06. The van der Waals surface area contributed by atoms with Crippen molar-refractivity contribution in [3.63, 3.8) is 0 Å². The molecule has 1 aliphatic heterocycles. The summed E-state index contributed by atoms with van der Waals surface area (Å²) in [7, 11) is 2.17. The molecule has 1 aliphatic rings. The maximum atomic E-state index is 8.96. The first-order chi connectivity index (χ1) is 7.69. The van der Waals surface area contributed by atoms with Crippen molar-refractivity contribution in [3.05, 3.63) is 29.8 Å². The lowest BCUT2D eigenvalue weighted by Gasteiger charge is -2.14. The molecule has 1 heterocycles. The second-order valence-electron chi connectivity index (χ2n) is 4.72. The van der Waals surface area contributed by atoms with Crippen molar-refractivity contribution >= 4 is 5.69 Å². The molecule has 0 aromatic heterocycles. The van der Waals surface area contributed by atoms with Crippen LogP contribution in [-0.2, 0) is 6.61 Å². The van der Waals surface area contributed by atoms with Gasteiger partial charge in [0, 0.05) is 24.3 Å². The Balaban J connectivity index is 1.94. The molecular weight excluding hydrogens is 200 g/mol. The molecule has 1 saturated heterocycles. The van der Waals surface area contributed by atoms with Gasteiger partial charge in [-0.05, 0) is 38.1 Å². The molecule has 2 atom stereocenters. The van der Waals surface area contributed by atoms with Gasteiger partial charge in [0.1, 0.15) is 0 Å². The lowest BCUT2D eigenvalue weighted by atomic mass is 10.1. The molecule has 0 spiro atoms. The van der Waals surface area contributed by atoms with E-state index in [2.05, 4.69) is 24.2 Å². The molecule has 0 amide bonds. The van der Waals surface area contributed by atoms with Crippen molar-refractivity contribution in [2.24, 2.45) is 0 Å². The first kappa shape index (κ1) is 11.4. The minimum absolute atomic E-state index is 0.115. The highest BCUT2D eigenvalue weighted by Crippen LogP contribution is 2.19. The topological polar surface area (TPSA) is 35.5 Å². The molecule has 2 rings (SSSR count). The summed E-state index contributed by atoms with van der Waals surface area (Å²) >= 11 is 0. The number of hydrogen-bond acceptors (Lipinski definition) is 3. The summed E-state index contributed by atoms with van der Waals surface area (Å²) in [6, 6.07) is 9.20. The average Bonchev–Trinajstić information content (AvgIpc) is 2.59. The van der Waals surface area contributed by atoms with Crippen molar-refractivity contribution in [1.29, 1.82) is 0 Å². The zero-order chi connectivity index (χ0) is 11.5. The van der Waals surface area contributed by atoms with Gasteiger partial charge in [-0.1, -0.05) is 12.1 Å². The van der Waals surface area contributed by atoms with Crippen LogP contribution < -0.4 is 5.32 Å². The number of benzene rings is 1. The summed E-state index contributed by atoms with van der Waals surface area (Å²) in [5.41, 5.74) is 2.10. The van der Waals surface area contributed by atoms with Gasteiger partial charge in [-0.2, -0.15) is 0 Å². The van der Waals surface area contributed by atoms with Crippen molar-refractivity contribution in [2.75, 3.05) is 18.9 Å². The van der Waals surface area contributed by atoms with E-state index in [9.17, 15) is 0 Å². The van der Waals surface area contributed by atoms with E-state index in [4.69, 9.17) is 5.11 Å². The van der Waals surface area contributed by atoms with Crippen LogP contribution in [-0.4, -0.2) is 35.7 Å². The molecular formula is C13H20N2O. The summed E-state index contributed by atoms with van der Waals surface area (Å²) < 4.78 is 0. The number of aliphatic hydroxyl groups is 1. The van der Waals surface area contributed by atoms with Gasteiger partial charge >= 0.3 is 0 Å². The highest BCUT2D eigenvalue weighted by atomic mass is 16.3. The Morgan fingerprint density at radius 2 is 2.06 bits per heavy atom. The predicted molar refractivity (Wildman–Crippen MR) is 66.5 cm³/mol. The van der Waals surface area contributed by atoms with Gasteiger partial charge < -0.3 is 15.3 Å². The van der Waals surface area contributed by atoms with E-state index in [-0.39, 0.29) is 6.61 Å². The molecule has 0 bridgehead atoms. The molecule has 2 N–H and O–H groups in total. The Kier molecular flexibility index (Phi) is 3.46. The summed E-state index contributed by atoms with van der Waals surface area (Å²) in [6.07, 6.45) is 1.19. The monoisotopic (exact) mass is 220 g/mol. The minimum atomic E-state index is 0.115. The van der Waals surface area contributed by atoms with Crippen LogP contribution in [0.3, 0.4) is 0 Å². The first-order valence-electron chi connectivity index (χ1n) is 5.85. The fraction of sp³-hybridized carbons (Fsp3) is 0.538. The van der Waals surface area contributed by atoms with Crippen LogP contribution in [0.15, 0.2) is 24.3 Å². The number of likely N-dealkylation sites (N-methyl/N-ethyl adjacent to an activating group) is 1. The normalized spacial score (nSPS) is 25.9. The third-order valence-electron chi connectivity index (χ3n) is 3.39. The van der Waals surface area contributed by atoms with E-state index in [0.29, 0.717) is 12.1 Å². The molecule has 0 aliphatic carbocycles. The van der Waals surface area contributed by atoms with Gasteiger partial charge in [-0.25, -0.2) is 0 Å². The van der Waals surface area contributed by atoms with Gasteiger partial charge in [0.2, 0.25) is 0 Å². The largest absolute Gasteiger partial charge is 0.392 e. The molecule has 1 aromatic rings. The molecule has 16 heavy (non-hydrogen) atoms. The van der Waals surface area contributed by atoms with Crippen molar-refractivity contribution in [3.8, 4) is 0 Å². The van der Waals surface area contributed by atoms with Crippen molar-refractivity contribution in [2.45, 2.75) is 32.0 Å². The third kappa shape index (κ3) is 2.54. The van der Waals surface area contributed by atoms with E-state index in [0.717, 1.165) is 17.8 Å². The average molecular weight is 220 g/mol. The van der Waals surface area contributed by atoms with Gasteiger partial charge in [0.15, 0.2) is 0 Å². The van der Waals surface area contributed by atoms with Crippen LogP contribution in [0.1, 0.15) is 18.9 Å². The quantitative estimate of drug-likeness (QED) is 0.813. The zero-order valence-electron chi connectivity index (χ0n) is 9.98. The smallest absolute Gasteiger partial charge is 0.0681 e. The summed E-state index contributed by atoms with van der Waals surface area (Å²) in [4.78, 5) is 2.37. The highest BCUT2D eigenvalue weighted by Gasteiger charge is 2.25. The van der Waals surface area contributed by atoms with Crippen LogP contribution in [0.5, 0.6) is 0 Å². The Bertz CT molecular complexity index is 326. The van der Waals surface area contributed by atoms with Gasteiger partial charge in [0.05, 0.1) is 6.61 Å². The van der Waals surface area contributed by atoms with Gasteiger partial charge in [0.25, 0.3) is 0 Å². The van der Waals surface area contributed by atoms with Gasteiger partial charge in [-0.15, -0.1) is 0 Å². The van der Waals surface area contributed by atoms with Crippen LogP contribution in [0, 0.1) is 0 Å². The number of anilines is 1. The van der Waals surface area contributed by atoms with E-state index < -0.39 is 0 Å². The van der Waals surface area contributed by atoms with Crippen LogP contribution in [0.4, 0.5) is 5.69 Å². The van der Waals surface area contributed by atoms with E-state index in [1.807, 2.05) is 24.3 Å². The van der Waals surface area contributed by atoms with E-state index >= 15 is 0 Å². The Morgan fingerprint density at radius 1 is 1.38 bits per heavy atom. The Morgan fingerprint density at radius 3 is 2.56 bits per heavy atom. The molecule has 3 heteroatoms. The van der Waals surface area contributed by atoms with E-state index in [1.165, 1.54) is 6.42 Å². The van der Waals surface area contributed by atoms with E-state index in [1.54, 1.807) is 0 Å². The molecule has 0 saturated carbocycles. The standard InChI is InChI=1S/C13H20N2O/c1-10-7-13(8-15(10)2)14-12-5-3-11(9-16)4-6-12/h3-6,10,13-14,16H,7-9H2,1-2H3. The number of hydrogen-bond donors (Lipinski definition) is 2.